The number of carbonyl (C=O) groups excluding carboxylic acids is 1. The number of hydrogen-bond acceptors (Lipinski definition) is 3. The summed E-state index contributed by atoms with van der Waals surface area (Å²) in [6.45, 7) is 3.94. The molecule has 0 atom stereocenters. The summed E-state index contributed by atoms with van der Waals surface area (Å²) < 4.78 is 5.59. The smallest absolute Gasteiger partial charge is 0.167 e. The van der Waals surface area contributed by atoms with Crippen molar-refractivity contribution in [1.82, 2.24) is 0 Å². The molecule has 0 aliphatic rings. The van der Waals surface area contributed by atoms with Crippen molar-refractivity contribution in [2.24, 2.45) is 0 Å². The summed E-state index contributed by atoms with van der Waals surface area (Å²) in [4.78, 5) is 12.1. The zero-order valence-electron chi connectivity index (χ0n) is 10.6. The highest BCUT2D eigenvalue weighted by Gasteiger charge is 2.09. The first kappa shape index (κ1) is 12.8. The van der Waals surface area contributed by atoms with Gasteiger partial charge in [-0.05, 0) is 48.4 Å². The third-order valence-electron chi connectivity index (χ3n) is 2.47. The predicted molar refractivity (Wildman–Crippen MR) is 74.6 cm³/mol. The van der Waals surface area contributed by atoms with Crippen LogP contribution in [0.2, 0.25) is 0 Å². The monoisotopic (exact) mass is 260 g/mol. The molecule has 2 rings (SSSR count). The van der Waals surface area contributed by atoms with E-state index in [2.05, 4.69) is 0 Å². The molecule has 0 aliphatic carbocycles. The topological polar surface area (TPSA) is 26.3 Å². The Morgan fingerprint density at radius 3 is 2.83 bits per heavy atom. The van der Waals surface area contributed by atoms with Crippen molar-refractivity contribution in [3.63, 3.8) is 0 Å². The van der Waals surface area contributed by atoms with Crippen molar-refractivity contribution in [2.45, 2.75) is 26.4 Å². The minimum atomic E-state index is 0.118. The number of Topliss-reactive ketones (excluding diaryl/α,β-unsaturated/α-hetero) is 1. The molecule has 0 saturated carbocycles. The predicted octanol–water partition coefficient (Wildman–Crippen LogP) is 3.96. The number of ether oxygens (including phenoxy) is 1. The lowest BCUT2D eigenvalue weighted by Crippen LogP contribution is -2.07. The molecule has 0 bridgehead atoms. The molecule has 94 valence electrons. The van der Waals surface area contributed by atoms with Crippen LogP contribution in [0.15, 0.2) is 41.1 Å². The van der Waals surface area contributed by atoms with Gasteiger partial charge in [0.15, 0.2) is 5.78 Å². The van der Waals surface area contributed by atoms with E-state index in [1.165, 1.54) is 0 Å². The maximum atomic E-state index is 12.1. The maximum absolute atomic E-state index is 12.1. The van der Waals surface area contributed by atoms with Gasteiger partial charge in [-0.15, -0.1) is 0 Å². The largest absolute Gasteiger partial charge is 0.491 e. The molecule has 18 heavy (non-hydrogen) atoms. The van der Waals surface area contributed by atoms with Gasteiger partial charge in [-0.3, -0.25) is 4.79 Å². The zero-order chi connectivity index (χ0) is 13.0. The molecule has 0 radical (unpaired) electrons. The summed E-state index contributed by atoms with van der Waals surface area (Å²) in [7, 11) is 0. The number of rotatable bonds is 5. The Kier molecular flexibility index (Phi) is 4.15. The number of benzene rings is 1. The van der Waals surface area contributed by atoms with Gasteiger partial charge < -0.3 is 4.74 Å². The lowest BCUT2D eigenvalue weighted by atomic mass is 10.1. The third kappa shape index (κ3) is 3.44. The van der Waals surface area contributed by atoms with E-state index in [1.54, 1.807) is 11.3 Å². The fourth-order valence-electron chi connectivity index (χ4n) is 1.70. The normalized spacial score (nSPS) is 10.6. The first-order valence-electron chi connectivity index (χ1n) is 5.96. The van der Waals surface area contributed by atoms with Crippen molar-refractivity contribution in [1.29, 1.82) is 0 Å². The lowest BCUT2D eigenvalue weighted by Gasteiger charge is -2.10. The molecule has 2 aromatic rings. The van der Waals surface area contributed by atoms with Gasteiger partial charge in [0, 0.05) is 12.0 Å². The maximum Gasteiger partial charge on any atom is 0.167 e. The minimum absolute atomic E-state index is 0.118. The van der Waals surface area contributed by atoms with Crippen LogP contribution in [-0.2, 0) is 6.42 Å². The molecule has 0 amide bonds. The quantitative estimate of drug-likeness (QED) is 0.761. The van der Waals surface area contributed by atoms with Crippen molar-refractivity contribution < 1.29 is 9.53 Å². The minimum Gasteiger partial charge on any atom is -0.491 e. The summed E-state index contributed by atoms with van der Waals surface area (Å²) in [5.41, 5.74) is 1.78. The Morgan fingerprint density at radius 1 is 1.33 bits per heavy atom. The van der Waals surface area contributed by atoms with E-state index in [1.807, 2.05) is 54.9 Å². The van der Waals surface area contributed by atoms with Gasteiger partial charge in [0.05, 0.1) is 6.10 Å². The van der Waals surface area contributed by atoms with Crippen LogP contribution in [0.5, 0.6) is 5.75 Å². The van der Waals surface area contributed by atoms with Crippen LogP contribution >= 0.6 is 11.3 Å². The van der Waals surface area contributed by atoms with Crippen LogP contribution < -0.4 is 4.74 Å². The van der Waals surface area contributed by atoms with Crippen molar-refractivity contribution >= 4 is 17.1 Å². The highest BCUT2D eigenvalue weighted by Crippen LogP contribution is 2.17. The van der Waals surface area contributed by atoms with E-state index >= 15 is 0 Å². The SMILES string of the molecule is CC(C)Oc1cccc(C(=O)Cc2ccsc2)c1. The number of thiophene rings is 1. The molecule has 1 aromatic heterocycles. The van der Waals surface area contributed by atoms with E-state index < -0.39 is 0 Å². The van der Waals surface area contributed by atoms with E-state index in [9.17, 15) is 4.79 Å². The Bertz CT molecular complexity index is 515. The molecule has 0 unspecified atom stereocenters. The fourth-order valence-corrected chi connectivity index (χ4v) is 2.36. The Labute approximate surface area is 111 Å². The van der Waals surface area contributed by atoms with Crippen molar-refractivity contribution in [3.05, 3.63) is 52.2 Å². The number of hydrogen-bond donors (Lipinski definition) is 0. The van der Waals surface area contributed by atoms with Crippen LogP contribution in [0.25, 0.3) is 0 Å². The standard InChI is InChI=1S/C15H16O2S/c1-11(2)17-14-5-3-4-13(9-14)15(16)8-12-6-7-18-10-12/h3-7,9-11H,8H2,1-2H3. The van der Waals surface area contributed by atoms with Gasteiger partial charge in [0.25, 0.3) is 0 Å². The molecular weight excluding hydrogens is 244 g/mol. The van der Waals surface area contributed by atoms with E-state index in [4.69, 9.17) is 4.74 Å². The summed E-state index contributed by atoms with van der Waals surface area (Å²) >= 11 is 1.61. The van der Waals surface area contributed by atoms with Crippen LogP contribution in [0, 0.1) is 0 Å². The molecule has 0 N–H and O–H groups in total. The van der Waals surface area contributed by atoms with Crippen molar-refractivity contribution in [2.75, 3.05) is 0 Å². The molecule has 0 aliphatic heterocycles. The molecule has 0 spiro atoms. The number of ketones is 1. The van der Waals surface area contributed by atoms with Crippen LogP contribution in [0.3, 0.4) is 0 Å². The first-order chi connectivity index (χ1) is 8.65. The third-order valence-corrected chi connectivity index (χ3v) is 3.20. The van der Waals surface area contributed by atoms with Crippen molar-refractivity contribution in [3.8, 4) is 5.75 Å². The molecule has 3 heteroatoms. The molecule has 0 fully saturated rings. The van der Waals surface area contributed by atoms with Gasteiger partial charge in [-0.1, -0.05) is 12.1 Å². The molecule has 1 heterocycles. The fraction of sp³-hybridized carbons (Fsp3) is 0.267. The van der Waals surface area contributed by atoms with Crippen LogP contribution in [0.1, 0.15) is 29.8 Å². The van der Waals surface area contributed by atoms with Crippen LogP contribution in [0.4, 0.5) is 0 Å². The van der Waals surface area contributed by atoms with Gasteiger partial charge >= 0.3 is 0 Å². The summed E-state index contributed by atoms with van der Waals surface area (Å²) in [5, 5.41) is 3.99. The first-order valence-corrected chi connectivity index (χ1v) is 6.90. The number of carbonyl (C=O) groups is 1. The van der Waals surface area contributed by atoms with Gasteiger partial charge in [-0.25, -0.2) is 0 Å². The molecule has 2 nitrogen and oxygen atoms in total. The Hall–Kier alpha value is -1.61. The second-order valence-electron chi connectivity index (χ2n) is 4.43. The van der Waals surface area contributed by atoms with E-state index in [0.717, 1.165) is 11.3 Å². The average Bonchev–Trinajstić information content (AvgIpc) is 2.81. The Morgan fingerprint density at radius 2 is 2.17 bits per heavy atom. The average molecular weight is 260 g/mol. The lowest BCUT2D eigenvalue weighted by molar-refractivity contribution is 0.0992. The second-order valence-corrected chi connectivity index (χ2v) is 5.21. The van der Waals surface area contributed by atoms with E-state index in [0.29, 0.717) is 12.0 Å². The van der Waals surface area contributed by atoms with E-state index in [-0.39, 0.29) is 11.9 Å². The molecular formula is C15H16O2S. The van der Waals surface area contributed by atoms with Gasteiger partial charge in [0.1, 0.15) is 5.75 Å². The highest BCUT2D eigenvalue weighted by atomic mass is 32.1. The Balaban J connectivity index is 2.10. The second kappa shape index (κ2) is 5.83. The molecule has 0 saturated heterocycles. The van der Waals surface area contributed by atoms with Gasteiger partial charge in [-0.2, -0.15) is 11.3 Å². The van der Waals surface area contributed by atoms with Gasteiger partial charge in [0.2, 0.25) is 0 Å². The van der Waals surface area contributed by atoms with Crippen LogP contribution in [-0.4, -0.2) is 11.9 Å². The highest BCUT2D eigenvalue weighted by molar-refractivity contribution is 7.08. The zero-order valence-corrected chi connectivity index (χ0v) is 11.4. The molecule has 1 aromatic carbocycles. The summed E-state index contributed by atoms with van der Waals surface area (Å²) in [6, 6.07) is 9.37. The summed E-state index contributed by atoms with van der Waals surface area (Å²) in [6.07, 6.45) is 0.571. The summed E-state index contributed by atoms with van der Waals surface area (Å²) in [5.74, 6) is 0.878.